The van der Waals surface area contributed by atoms with Crippen LogP contribution in [0.1, 0.15) is 43.6 Å². The van der Waals surface area contributed by atoms with Crippen LogP contribution < -0.4 is 19.9 Å². The van der Waals surface area contributed by atoms with Gasteiger partial charge in [-0.2, -0.15) is 0 Å². The van der Waals surface area contributed by atoms with Gasteiger partial charge in [-0.25, -0.2) is 0 Å². The molecule has 1 aromatic rings. The van der Waals surface area contributed by atoms with E-state index in [9.17, 15) is 14.4 Å². The Morgan fingerprint density at radius 2 is 1.92 bits per heavy atom. The fraction of sp³-hybridized carbons (Fsp3) is 0.526. The lowest BCUT2D eigenvalue weighted by molar-refractivity contribution is -0.147. The molecule has 140 valence electrons. The van der Waals surface area contributed by atoms with Crippen LogP contribution in [0, 0.1) is 11.8 Å². The number of Topliss-reactive ketones (excluding diaryl/α,β-unsaturated/α-hetero) is 1. The first kappa shape index (κ1) is 18.2. The van der Waals surface area contributed by atoms with Gasteiger partial charge in [0, 0.05) is 36.0 Å². The molecule has 2 N–H and O–H groups in total. The van der Waals surface area contributed by atoms with Crippen molar-refractivity contribution in [1.82, 2.24) is 0 Å². The molecule has 3 unspecified atom stereocenters. The Hall–Kier alpha value is -2.57. The maximum atomic E-state index is 12.8. The number of hydrogen-bond acceptors (Lipinski definition) is 6. The summed E-state index contributed by atoms with van der Waals surface area (Å²) in [6.45, 7) is 0. The third-order valence-corrected chi connectivity index (χ3v) is 5.28. The number of ketones is 1. The van der Waals surface area contributed by atoms with Crippen molar-refractivity contribution in [2.75, 3.05) is 14.2 Å². The number of hydrogen-bond donors (Lipinski definition) is 1. The predicted octanol–water partition coefficient (Wildman–Crippen LogP) is 1.96. The fourth-order valence-corrected chi connectivity index (χ4v) is 4.05. The first-order chi connectivity index (χ1) is 12.5. The summed E-state index contributed by atoms with van der Waals surface area (Å²) in [5.74, 6) is -2.71. The van der Waals surface area contributed by atoms with Gasteiger partial charge in [-0.3, -0.25) is 14.4 Å². The minimum atomic E-state index is -1.21. The molecule has 1 aromatic carbocycles. The second-order valence-corrected chi connectivity index (χ2v) is 6.74. The van der Waals surface area contributed by atoms with Crippen LogP contribution in [-0.4, -0.2) is 31.9 Å². The number of ether oxygens (including phenoxy) is 3. The zero-order valence-corrected chi connectivity index (χ0v) is 14.9. The largest absolute Gasteiger partial charge is 0.496 e. The molecule has 7 nitrogen and oxygen atoms in total. The van der Waals surface area contributed by atoms with Crippen molar-refractivity contribution in [2.24, 2.45) is 17.6 Å². The van der Waals surface area contributed by atoms with Crippen molar-refractivity contribution in [3.8, 4) is 17.2 Å². The van der Waals surface area contributed by atoms with Crippen molar-refractivity contribution in [1.29, 1.82) is 0 Å². The lowest BCUT2D eigenvalue weighted by Crippen LogP contribution is -2.44. The van der Waals surface area contributed by atoms with Gasteiger partial charge in [0.25, 0.3) is 0 Å². The summed E-state index contributed by atoms with van der Waals surface area (Å²) in [6.07, 6.45) is 3.68. The quantitative estimate of drug-likeness (QED) is 0.380. The van der Waals surface area contributed by atoms with Crippen LogP contribution in [0.5, 0.6) is 17.2 Å². The number of primary amides is 1. The molecule has 7 heteroatoms. The SMILES string of the molecule is COc1cc(OC)c2c(c1)OC(=O)C(C(N)=O)C2C1CCCCCC1=O. The molecule has 0 spiro atoms. The third kappa shape index (κ3) is 3.13. The van der Waals surface area contributed by atoms with Crippen molar-refractivity contribution in [3.63, 3.8) is 0 Å². The standard InChI is InChI=1S/C19H23NO6/c1-24-10-8-13(25-2)16-14(9-10)26-19(23)17(18(20)22)15(16)11-6-4-3-5-7-12(11)21/h8-9,11,15,17H,3-7H2,1-2H3,(H2,20,22). The van der Waals surface area contributed by atoms with Gasteiger partial charge in [0.1, 0.15) is 28.9 Å². The van der Waals surface area contributed by atoms with Crippen LogP contribution in [0.2, 0.25) is 0 Å². The van der Waals surface area contributed by atoms with E-state index in [1.54, 1.807) is 12.1 Å². The summed E-state index contributed by atoms with van der Waals surface area (Å²) >= 11 is 0. The van der Waals surface area contributed by atoms with Crippen LogP contribution in [0.25, 0.3) is 0 Å². The number of nitrogens with two attached hydrogens (primary N) is 1. The van der Waals surface area contributed by atoms with Gasteiger partial charge in [-0.15, -0.1) is 0 Å². The molecule has 1 aliphatic heterocycles. The Morgan fingerprint density at radius 3 is 2.58 bits per heavy atom. The van der Waals surface area contributed by atoms with Gasteiger partial charge in [0.15, 0.2) is 0 Å². The van der Waals surface area contributed by atoms with E-state index in [0.717, 1.165) is 19.3 Å². The minimum absolute atomic E-state index is 0.0530. The molecule has 0 radical (unpaired) electrons. The Labute approximate surface area is 151 Å². The average Bonchev–Trinajstić information content (AvgIpc) is 2.83. The topological polar surface area (TPSA) is 105 Å². The monoisotopic (exact) mass is 361 g/mol. The molecule has 2 aliphatic rings. The second-order valence-electron chi connectivity index (χ2n) is 6.74. The van der Waals surface area contributed by atoms with Crippen molar-refractivity contribution >= 4 is 17.7 Å². The second kappa shape index (κ2) is 7.35. The van der Waals surface area contributed by atoms with Crippen LogP contribution in [0.15, 0.2) is 12.1 Å². The normalized spacial score (nSPS) is 25.7. The fourth-order valence-electron chi connectivity index (χ4n) is 4.05. The van der Waals surface area contributed by atoms with Gasteiger partial charge in [0.2, 0.25) is 5.91 Å². The summed E-state index contributed by atoms with van der Waals surface area (Å²) in [7, 11) is 2.97. The van der Waals surface area contributed by atoms with E-state index in [-0.39, 0.29) is 11.5 Å². The highest BCUT2D eigenvalue weighted by Gasteiger charge is 2.49. The van der Waals surface area contributed by atoms with E-state index >= 15 is 0 Å². The lowest BCUT2D eigenvalue weighted by Gasteiger charge is -2.35. The van der Waals surface area contributed by atoms with Gasteiger partial charge in [-0.05, 0) is 12.8 Å². The van der Waals surface area contributed by atoms with E-state index in [0.29, 0.717) is 29.9 Å². The molecule has 3 atom stereocenters. The summed E-state index contributed by atoms with van der Waals surface area (Å²) < 4.78 is 16.1. The van der Waals surface area contributed by atoms with Crippen molar-refractivity contribution in [3.05, 3.63) is 17.7 Å². The number of rotatable bonds is 4. The highest BCUT2D eigenvalue weighted by molar-refractivity contribution is 6.01. The molecule has 0 saturated heterocycles. The molecule has 0 aromatic heterocycles. The zero-order valence-electron chi connectivity index (χ0n) is 14.9. The summed E-state index contributed by atoms with van der Waals surface area (Å²) in [4.78, 5) is 37.4. The number of fused-ring (bicyclic) bond motifs is 1. The summed E-state index contributed by atoms with van der Waals surface area (Å²) in [6, 6.07) is 3.23. The number of methoxy groups -OCH3 is 2. The third-order valence-electron chi connectivity index (χ3n) is 5.28. The molecule has 1 aliphatic carbocycles. The number of esters is 1. The summed E-state index contributed by atoms with van der Waals surface area (Å²) in [5, 5.41) is 0. The Bertz CT molecular complexity index is 744. The van der Waals surface area contributed by atoms with Gasteiger partial charge in [-0.1, -0.05) is 12.8 Å². The zero-order chi connectivity index (χ0) is 18.8. The number of carbonyl (C=O) groups excluding carboxylic acids is 3. The van der Waals surface area contributed by atoms with E-state index in [1.165, 1.54) is 14.2 Å². The smallest absolute Gasteiger partial charge is 0.324 e. The molecule has 1 amide bonds. The Morgan fingerprint density at radius 1 is 1.15 bits per heavy atom. The van der Waals surface area contributed by atoms with Gasteiger partial charge < -0.3 is 19.9 Å². The van der Waals surface area contributed by atoms with Gasteiger partial charge >= 0.3 is 5.97 Å². The summed E-state index contributed by atoms with van der Waals surface area (Å²) in [5.41, 5.74) is 6.07. The van der Waals surface area contributed by atoms with Gasteiger partial charge in [0.05, 0.1) is 14.2 Å². The van der Waals surface area contributed by atoms with E-state index in [1.807, 2.05) is 0 Å². The van der Waals surface area contributed by atoms with E-state index in [4.69, 9.17) is 19.9 Å². The minimum Gasteiger partial charge on any atom is -0.496 e. The molecule has 1 saturated carbocycles. The number of benzene rings is 1. The Balaban J connectivity index is 2.19. The molecule has 3 rings (SSSR count). The maximum Gasteiger partial charge on any atom is 0.324 e. The molecule has 0 bridgehead atoms. The molecule has 1 fully saturated rings. The Kier molecular flexibility index (Phi) is 5.15. The highest BCUT2D eigenvalue weighted by atomic mass is 16.5. The van der Waals surface area contributed by atoms with E-state index < -0.39 is 29.6 Å². The molecular formula is C19H23NO6. The van der Waals surface area contributed by atoms with E-state index in [2.05, 4.69) is 0 Å². The highest BCUT2D eigenvalue weighted by Crippen LogP contribution is 2.50. The van der Waals surface area contributed by atoms with Crippen LogP contribution in [-0.2, 0) is 14.4 Å². The number of amides is 1. The first-order valence-electron chi connectivity index (χ1n) is 8.77. The molecule has 1 heterocycles. The number of carbonyl (C=O) groups is 3. The maximum absolute atomic E-state index is 12.8. The molecule has 26 heavy (non-hydrogen) atoms. The lowest BCUT2D eigenvalue weighted by atomic mass is 9.71. The average molecular weight is 361 g/mol. The van der Waals surface area contributed by atoms with Crippen molar-refractivity contribution < 1.29 is 28.6 Å². The predicted molar refractivity (Wildman–Crippen MR) is 92.2 cm³/mol. The van der Waals surface area contributed by atoms with Crippen LogP contribution >= 0.6 is 0 Å². The van der Waals surface area contributed by atoms with Crippen molar-refractivity contribution in [2.45, 2.75) is 38.0 Å². The molecular weight excluding hydrogens is 338 g/mol. The van der Waals surface area contributed by atoms with Crippen LogP contribution in [0.4, 0.5) is 0 Å². The van der Waals surface area contributed by atoms with Crippen LogP contribution in [0.3, 0.4) is 0 Å². The first-order valence-corrected chi connectivity index (χ1v) is 8.77.